The largest absolute Gasteiger partial charge is 0.349 e. The highest BCUT2D eigenvalue weighted by atomic mass is 16.1. The van der Waals surface area contributed by atoms with E-state index in [0.717, 1.165) is 6.42 Å². The van der Waals surface area contributed by atoms with Crippen LogP contribution < -0.4 is 11.1 Å². The van der Waals surface area contributed by atoms with Crippen molar-refractivity contribution in [2.75, 3.05) is 6.54 Å². The highest BCUT2D eigenvalue weighted by molar-refractivity contribution is 5.93. The molecular formula is C10H18N4O. The molecule has 1 aromatic heterocycles. The molecule has 0 saturated heterocycles. The number of rotatable bonds is 5. The Bertz CT molecular complexity index is 294. The number of nitrogens with zero attached hydrogens (tertiary/aromatic N) is 1. The molecule has 0 aliphatic rings. The minimum Gasteiger partial charge on any atom is -0.349 e. The van der Waals surface area contributed by atoms with Gasteiger partial charge < -0.3 is 11.1 Å². The van der Waals surface area contributed by atoms with Crippen LogP contribution in [0, 0.1) is 5.92 Å². The standard InChI is InChI=1S/C10H18N4O/c1-7(2)9(3-4-11)14-10(15)8-5-12-13-6-8/h5-7,9H,3-4,11H2,1-2H3,(H,12,13)(H,14,15). The SMILES string of the molecule is CC(C)C(CCN)NC(=O)c1cn[nH]c1. The van der Waals surface area contributed by atoms with E-state index >= 15 is 0 Å². The molecule has 1 aromatic rings. The lowest BCUT2D eigenvalue weighted by Gasteiger charge is -2.21. The topological polar surface area (TPSA) is 83.8 Å². The first kappa shape index (κ1) is 11.7. The van der Waals surface area contributed by atoms with Crippen LogP contribution in [0.3, 0.4) is 0 Å². The number of carbonyl (C=O) groups excluding carboxylic acids is 1. The second kappa shape index (κ2) is 5.50. The molecule has 5 heteroatoms. The number of aromatic amines is 1. The fraction of sp³-hybridized carbons (Fsp3) is 0.600. The van der Waals surface area contributed by atoms with Crippen LogP contribution >= 0.6 is 0 Å². The van der Waals surface area contributed by atoms with Gasteiger partial charge in [-0.1, -0.05) is 13.8 Å². The second-order valence-electron chi connectivity index (χ2n) is 3.89. The molecule has 0 fully saturated rings. The molecule has 15 heavy (non-hydrogen) atoms. The van der Waals surface area contributed by atoms with E-state index < -0.39 is 0 Å². The molecule has 84 valence electrons. The smallest absolute Gasteiger partial charge is 0.254 e. The second-order valence-corrected chi connectivity index (χ2v) is 3.89. The molecular weight excluding hydrogens is 192 g/mol. The van der Waals surface area contributed by atoms with E-state index in [1.807, 2.05) is 0 Å². The minimum atomic E-state index is -0.101. The van der Waals surface area contributed by atoms with Crippen LogP contribution in [0.15, 0.2) is 12.4 Å². The molecule has 1 heterocycles. The number of hydrogen-bond donors (Lipinski definition) is 3. The molecule has 1 unspecified atom stereocenters. The van der Waals surface area contributed by atoms with Crippen molar-refractivity contribution in [2.24, 2.45) is 11.7 Å². The summed E-state index contributed by atoms with van der Waals surface area (Å²) in [6.45, 7) is 4.71. The summed E-state index contributed by atoms with van der Waals surface area (Å²) < 4.78 is 0. The van der Waals surface area contributed by atoms with Crippen LogP contribution in [-0.4, -0.2) is 28.7 Å². The van der Waals surface area contributed by atoms with Crippen LogP contribution in [0.5, 0.6) is 0 Å². The van der Waals surface area contributed by atoms with E-state index in [4.69, 9.17) is 5.73 Å². The van der Waals surface area contributed by atoms with Gasteiger partial charge in [0.2, 0.25) is 0 Å². The molecule has 0 aliphatic heterocycles. The van der Waals surface area contributed by atoms with Gasteiger partial charge in [0.05, 0.1) is 11.8 Å². The zero-order valence-corrected chi connectivity index (χ0v) is 9.16. The van der Waals surface area contributed by atoms with Gasteiger partial charge in [0.25, 0.3) is 5.91 Å². The third kappa shape index (κ3) is 3.36. The van der Waals surface area contributed by atoms with Crippen LogP contribution in [0.1, 0.15) is 30.6 Å². The average molecular weight is 210 g/mol. The third-order valence-corrected chi connectivity index (χ3v) is 2.36. The number of carbonyl (C=O) groups is 1. The van der Waals surface area contributed by atoms with E-state index in [9.17, 15) is 4.79 Å². The lowest BCUT2D eigenvalue weighted by Crippen LogP contribution is -2.39. The normalized spacial score (nSPS) is 12.8. The summed E-state index contributed by atoms with van der Waals surface area (Å²) in [5.74, 6) is 0.278. The number of amides is 1. The maximum Gasteiger partial charge on any atom is 0.254 e. The fourth-order valence-corrected chi connectivity index (χ4v) is 1.38. The number of aromatic nitrogens is 2. The van der Waals surface area contributed by atoms with E-state index in [2.05, 4.69) is 29.4 Å². The predicted octanol–water partition coefficient (Wildman–Crippen LogP) is 0.513. The molecule has 0 aliphatic carbocycles. The van der Waals surface area contributed by atoms with E-state index in [-0.39, 0.29) is 11.9 Å². The Morgan fingerprint density at radius 1 is 1.67 bits per heavy atom. The fourth-order valence-electron chi connectivity index (χ4n) is 1.38. The quantitative estimate of drug-likeness (QED) is 0.662. The van der Waals surface area contributed by atoms with Crippen molar-refractivity contribution in [3.05, 3.63) is 18.0 Å². The Labute approximate surface area is 89.4 Å². The average Bonchev–Trinajstić information content (AvgIpc) is 2.69. The summed E-state index contributed by atoms with van der Waals surface area (Å²) in [7, 11) is 0. The molecule has 1 amide bonds. The van der Waals surface area contributed by atoms with Gasteiger partial charge in [0.1, 0.15) is 0 Å². The van der Waals surface area contributed by atoms with Crippen molar-refractivity contribution in [3.63, 3.8) is 0 Å². The summed E-state index contributed by atoms with van der Waals surface area (Å²) in [6.07, 6.45) is 3.88. The van der Waals surface area contributed by atoms with E-state index in [1.54, 1.807) is 6.20 Å². The number of hydrogen-bond acceptors (Lipinski definition) is 3. The van der Waals surface area contributed by atoms with Crippen molar-refractivity contribution in [1.29, 1.82) is 0 Å². The lowest BCUT2D eigenvalue weighted by atomic mass is 10.0. The van der Waals surface area contributed by atoms with Crippen LogP contribution in [-0.2, 0) is 0 Å². The summed E-state index contributed by atoms with van der Waals surface area (Å²) in [6, 6.07) is 0.123. The molecule has 0 aromatic carbocycles. The highest BCUT2D eigenvalue weighted by Crippen LogP contribution is 2.06. The van der Waals surface area contributed by atoms with Gasteiger partial charge in [-0.15, -0.1) is 0 Å². The van der Waals surface area contributed by atoms with Gasteiger partial charge in [0, 0.05) is 12.2 Å². The molecule has 4 N–H and O–H groups in total. The first-order valence-corrected chi connectivity index (χ1v) is 5.15. The highest BCUT2D eigenvalue weighted by Gasteiger charge is 2.16. The van der Waals surface area contributed by atoms with Gasteiger partial charge in [-0.05, 0) is 18.9 Å². The van der Waals surface area contributed by atoms with Crippen LogP contribution in [0.2, 0.25) is 0 Å². The van der Waals surface area contributed by atoms with E-state index in [1.165, 1.54) is 6.20 Å². The Morgan fingerprint density at radius 3 is 2.87 bits per heavy atom. The Balaban J connectivity index is 2.55. The molecule has 1 rings (SSSR count). The summed E-state index contributed by atoms with van der Waals surface area (Å²) >= 11 is 0. The lowest BCUT2D eigenvalue weighted by molar-refractivity contribution is 0.0924. The predicted molar refractivity (Wildman–Crippen MR) is 58.4 cm³/mol. The zero-order valence-electron chi connectivity index (χ0n) is 9.16. The molecule has 5 nitrogen and oxygen atoms in total. The Kier molecular flexibility index (Phi) is 4.30. The Hall–Kier alpha value is -1.36. The first-order valence-electron chi connectivity index (χ1n) is 5.15. The van der Waals surface area contributed by atoms with Crippen LogP contribution in [0.25, 0.3) is 0 Å². The Morgan fingerprint density at radius 2 is 2.40 bits per heavy atom. The van der Waals surface area contributed by atoms with Gasteiger partial charge >= 0.3 is 0 Å². The maximum atomic E-state index is 11.7. The monoisotopic (exact) mass is 210 g/mol. The van der Waals surface area contributed by atoms with Gasteiger partial charge in [-0.2, -0.15) is 5.10 Å². The van der Waals surface area contributed by atoms with Gasteiger partial charge in [-0.3, -0.25) is 9.89 Å². The zero-order chi connectivity index (χ0) is 11.3. The molecule has 1 atom stereocenters. The van der Waals surface area contributed by atoms with E-state index in [0.29, 0.717) is 18.0 Å². The summed E-state index contributed by atoms with van der Waals surface area (Å²) in [5, 5.41) is 9.28. The van der Waals surface area contributed by atoms with Gasteiger partial charge in [0.15, 0.2) is 0 Å². The van der Waals surface area contributed by atoms with Crippen molar-refractivity contribution in [2.45, 2.75) is 26.3 Å². The van der Waals surface area contributed by atoms with Crippen molar-refractivity contribution >= 4 is 5.91 Å². The van der Waals surface area contributed by atoms with Crippen molar-refractivity contribution in [1.82, 2.24) is 15.5 Å². The minimum absolute atomic E-state index is 0.101. The van der Waals surface area contributed by atoms with Crippen molar-refractivity contribution < 1.29 is 4.79 Å². The summed E-state index contributed by atoms with van der Waals surface area (Å²) in [5.41, 5.74) is 6.05. The molecule has 0 saturated carbocycles. The number of nitrogens with two attached hydrogens (primary N) is 1. The van der Waals surface area contributed by atoms with Crippen LogP contribution in [0.4, 0.5) is 0 Å². The third-order valence-electron chi connectivity index (χ3n) is 2.36. The summed E-state index contributed by atoms with van der Waals surface area (Å²) in [4.78, 5) is 11.7. The first-order chi connectivity index (χ1) is 7.15. The molecule has 0 bridgehead atoms. The molecule has 0 spiro atoms. The van der Waals surface area contributed by atoms with Crippen molar-refractivity contribution in [3.8, 4) is 0 Å². The maximum absolute atomic E-state index is 11.7. The van der Waals surface area contributed by atoms with Gasteiger partial charge in [-0.25, -0.2) is 0 Å². The number of H-pyrrole nitrogens is 1. The number of nitrogens with one attached hydrogen (secondary N) is 2. The molecule has 0 radical (unpaired) electrons.